The summed E-state index contributed by atoms with van der Waals surface area (Å²) in [6.45, 7) is 11.3. The van der Waals surface area contributed by atoms with Crippen molar-refractivity contribution in [1.29, 1.82) is 0 Å². The molecule has 0 aromatic rings. The average molecular weight is 257 g/mol. The maximum atomic E-state index is 3.53. The summed E-state index contributed by atoms with van der Waals surface area (Å²) < 4.78 is 0. The van der Waals surface area contributed by atoms with Gasteiger partial charge in [-0.05, 0) is 46.1 Å². The predicted octanol–water partition coefficient (Wildman–Crippen LogP) is -0.930. The van der Waals surface area contributed by atoms with Crippen LogP contribution in [0.3, 0.4) is 0 Å². The Morgan fingerprint density at radius 3 is 2.22 bits per heavy atom. The summed E-state index contributed by atoms with van der Waals surface area (Å²) in [6.07, 6.45) is 2.46. The molecule has 0 aliphatic carbocycles. The van der Waals surface area contributed by atoms with Crippen molar-refractivity contribution < 1.29 is 0 Å². The second-order valence-corrected chi connectivity index (χ2v) is 4.90. The second kappa shape index (κ2) is 11.9. The molecule has 1 rings (SSSR count). The van der Waals surface area contributed by atoms with Gasteiger partial charge in [0.15, 0.2) is 0 Å². The van der Waals surface area contributed by atoms with E-state index in [0.29, 0.717) is 0 Å². The van der Waals surface area contributed by atoms with E-state index in [1.54, 1.807) is 0 Å². The summed E-state index contributed by atoms with van der Waals surface area (Å²) in [5.74, 6) is 0. The fourth-order valence-electron chi connectivity index (χ4n) is 2.16. The molecule has 1 saturated heterocycles. The average Bonchev–Trinajstić information content (AvgIpc) is 2.39. The first-order chi connectivity index (χ1) is 8.93. The van der Waals surface area contributed by atoms with Crippen LogP contribution >= 0.6 is 0 Å². The molecule has 0 spiro atoms. The van der Waals surface area contributed by atoms with Gasteiger partial charge in [0.05, 0.1) is 0 Å². The van der Waals surface area contributed by atoms with Gasteiger partial charge in [-0.25, -0.2) is 0 Å². The first kappa shape index (κ1) is 15.9. The molecule has 0 aromatic heterocycles. The zero-order chi connectivity index (χ0) is 12.9. The zero-order valence-electron chi connectivity index (χ0n) is 11.9. The van der Waals surface area contributed by atoms with Crippen molar-refractivity contribution in [3.63, 3.8) is 0 Å². The first-order valence-corrected chi connectivity index (χ1v) is 7.42. The number of hydrogen-bond acceptors (Lipinski definition) is 5. The largest absolute Gasteiger partial charge is 0.318 e. The molecule has 4 N–H and O–H groups in total. The van der Waals surface area contributed by atoms with Gasteiger partial charge in [0.1, 0.15) is 0 Å². The van der Waals surface area contributed by atoms with Crippen molar-refractivity contribution in [2.75, 3.05) is 72.5 Å². The topological polar surface area (TPSA) is 51.4 Å². The third-order valence-corrected chi connectivity index (χ3v) is 3.30. The summed E-state index contributed by atoms with van der Waals surface area (Å²) in [5.41, 5.74) is 0. The van der Waals surface area contributed by atoms with Crippen molar-refractivity contribution in [1.82, 2.24) is 26.2 Å². The van der Waals surface area contributed by atoms with Crippen LogP contribution in [0, 0.1) is 0 Å². The van der Waals surface area contributed by atoms with Crippen molar-refractivity contribution >= 4 is 0 Å². The molecule has 1 aliphatic heterocycles. The van der Waals surface area contributed by atoms with Crippen molar-refractivity contribution in [2.24, 2.45) is 0 Å². The van der Waals surface area contributed by atoms with Gasteiger partial charge in [-0.2, -0.15) is 0 Å². The van der Waals surface area contributed by atoms with E-state index >= 15 is 0 Å². The van der Waals surface area contributed by atoms with E-state index in [-0.39, 0.29) is 0 Å². The molecular weight excluding hydrogens is 226 g/mol. The maximum absolute atomic E-state index is 3.53. The molecule has 0 amide bonds. The molecule has 1 fully saturated rings. The number of nitrogens with zero attached hydrogens (tertiary/aromatic N) is 1. The monoisotopic (exact) mass is 257 g/mol. The molecule has 0 unspecified atom stereocenters. The molecule has 1 aliphatic rings. The minimum atomic E-state index is 1.08. The molecule has 5 nitrogen and oxygen atoms in total. The fourth-order valence-corrected chi connectivity index (χ4v) is 2.16. The van der Waals surface area contributed by atoms with Crippen LogP contribution in [0.15, 0.2) is 0 Å². The Hall–Kier alpha value is -0.200. The number of rotatable bonds is 3. The summed E-state index contributed by atoms with van der Waals surface area (Å²) in [6, 6.07) is 0. The SMILES string of the molecule is CNCCN1CCCNCCNCCCNCC1. The van der Waals surface area contributed by atoms with E-state index in [0.717, 1.165) is 58.9 Å². The van der Waals surface area contributed by atoms with Gasteiger partial charge in [0.25, 0.3) is 0 Å². The van der Waals surface area contributed by atoms with Crippen LogP contribution in [0.25, 0.3) is 0 Å². The molecule has 0 bridgehead atoms. The van der Waals surface area contributed by atoms with E-state index in [1.807, 2.05) is 7.05 Å². The molecule has 0 saturated carbocycles. The minimum absolute atomic E-state index is 1.08. The lowest BCUT2D eigenvalue weighted by atomic mass is 10.3. The highest BCUT2D eigenvalue weighted by Crippen LogP contribution is 1.90. The predicted molar refractivity (Wildman–Crippen MR) is 78.2 cm³/mol. The Morgan fingerprint density at radius 2 is 1.50 bits per heavy atom. The zero-order valence-corrected chi connectivity index (χ0v) is 11.9. The van der Waals surface area contributed by atoms with Crippen molar-refractivity contribution in [3.8, 4) is 0 Å². The lowest BCUT2D eigenvalue weighted by molar-refractivity contribution is 0.269. The first-order valence-electron chi connectivity index (χ1n) is 7.42. The summed E-state index contributed by atoms with van der Waals surface area (Å²) in [7, 11) is 2.02. The smallest absolute Gasteiger partial charge is 0.0107 e. The molecule has 5 heteroatoms. The van der Waals surface area contributed by atoms with E-state index in [9.17, 15) is 0 Å². The standard InChI is InChI=1S/C13H31N5/c1-14-9-12-18-11-3-6-16-8-7-15-4-2-5-17-10-13-18/h14-17H,2-13H2,1H3. The van der Waals surface area contributed by atoms with Crippen LogP contribution in [0.1, 0.15) is 12.8 Å². The van der Waals surface area contributed by atoms with E-state index in [2.05, 4.69) is 26.2 Å². The Bertz CT molecular complexity index is 163. The molecule has 0 radical (unpaired) electrons. The number of hydrogen-bond donors (Lipinski definition) is 4. The van der Waals surface area contributed by atoms with E-state index in [1.165, 1.54) is 19.4 Å². The highest BCUT2D eigenvalue weighted by molar-refractivity contribution is 4.64. The fraction of sp³-hybridized carbons (Fsp3) is 1.00. The molecular formula is C13H31N5. The van der Waals surface area contributed by atoms with Crippen molar-refractivity contribution in [3.05, 3.63) is 0 Å². The number of nitrogens with one attached hydrogen (secondary N) is 4. The Balaban J connectivity index is 2.20. The Morgan fingerprint density at radius 1 is 0.833 bits per heavy atom. The highest BCUT2D eigenvalue weighted by atomic mass is 15.1. The molecule has 18 heavy (non-hydrogen) atoms. The Kier molecular flexibility index (Phi) is 10.5. The van der Waals surface area contributed by atoms with E-state index < -0.39 is 0 Å². The van der Waals surface area contributed by atoms with E-state index in [4.69, 9.17) is 0 Å². The van der Waals surface area contributed by atoms with Crippen LogP contribution in [0.5, 0.6) is 0 Å². The molecule has 108 valence electrons. The minimum Gasteiger partial charge on any atom is -0.318 e. The molecule has 0 atom stereocenters. The molecule has 0 aromatic carbocycles. The lowest BCUT2D eigenvalue weighted by Crippen LogP contribution is -2.39. The second-order valence-electron chi connectivity index (χ2n) is 4.90. The quantitative estimate of drug-likeness (QED) is 0.526. The maximum Gasteiger partial charge on any atom is 0.0107 e. The third kappa shape index (κ3) is 8.83. The van der Waals surface area contributed by atoms with Crippen LogP contribution in [-0.2, 0) is 0 Å². The van der Waals surface area contributed by atoms with Gasteiger partial charge in [-0.1, -0.05) is 0 Å². The van der Waals surface area contributed by atoms with Crippen LogP contribution in [-0.4, -0.2) is 77.4 Å². The van der Waals surface area contributed by atoms with Crippen LogP contribution in [0.4, 0.5) is 0 Å². The van der Waals surface area contributed by atoms with Crippen molar-refractivity contribution in [2.45, 2.75) is 12.8 Å². The Labute approximate surface area is 112 Å². The number of likely N-dealkylation sites (N-methyl/N-ethyl adjacent to an activating group) is 1. The van der Waals surface area contributed by atoms with Gasteiger partial charge in [-0.15, -0.1) is 0 Å². The summed E-state index contributed by atoms with van der Waals surface area (Å²) in [4.78, 5) is 2.55. The van der Waals surface area contributed by atoms with Crippen LogP contribution in [0.2, 0.25) is 0 Å². The third-order valence-electron chi connectivity index (χ3n) is 3.30. The lowest BCUT2D eigenvalue weighted by Gasteiger charge is -2.23. The summed E-state index contributed by atoms with van der Waals surface area (Å²) in [5, 5.41) is 13.7. The highest BCUT2D eigenvalue weighted by Gasteiger charge is 2.04. The van der Waals surface area contributed by atoms with Gasteiger partial charge in [0.2, 0.25) is 0 Å². The van der Waals surface area contributed by atoms with Gasteiger partial charge >= 0.3 is 0 Å². The van der Waals surface area contributed by atoms with Gasteiger partial charge < -0.3 is 26.2 Å². The van der Waals surface area contributed by atoms with Crippen LogP contribution < -0.4 is 21.3 Å². The summed E-state index contributed by atoms with van der Waals surface area (Å²) >= 11 is 0. The normalized spacial score (nSPS) is 22.5. The molecule has 1 heterocycles. The van der Waals surface area contributed by atoms with Gasteiger partial charge in [0, 0.05) is 39.3 Å². The van der Waals surface area contributed by atoms with Gasteiger partial charge in [-0.3, -0.25) is 0 Å².